The average molecular weight is 828 g/mol. The summed E-state index contributed by atoms with van der Waals surface area (Å²) in [4.78, 5) is 12.5. The van der Waals surface area contributed by atoms with Gasteiger partial charge in [-0.25, -0.2) is 0 Å². The van der Waals surface area contributed by atoms with Gasteiger partial charge in [-0.05, 0) is 132 Å². The van der Waals surface area contributed by atoms with Gasteiger partial charge in [0.2, 0.25) is 0 Å². The fourth-order valence-electron chi connectivity index (χ4n) is 9.61. The van der Waals surface area contributed by atoms with Crippen molar-refractivity contribution in [3.8, 4) is 22.4 Å². The Morgan fingerprint density at radius 1 is 0.435 bits per heavy atom. The van der Waals surface area contributed by atoms with E-state index >= 15 is 0 Å². The summed E-state index contributed by atoms with van der Waals surface area (Å²) < 4.78 is 0. The van der Waals surface area contributed by atoms with Crippen LogP contribution >= 0.6 is 11.8 Å². The van der Waals surface area contributed by atoms with E-state index in [1.54, 1.807) is 0 Å². The maximum atomic E-state index is 4.67. The van der Waals surface area contributed by atoms with Gasteiger partial charge in [0.1, 0.15) is 0 Å². The van der Waals surface area contributed by atoms with Crippen molar-refractivity contribution in [1.29, 1.82) is 0 Å². The first-order valence-corrected chi connectivity index (χ1v) is 23.1. The van der Waals surface area contributed by atoms with Crippen molar-refractivity contribution in [2.75, 3.05) is 9.80 Å². The van der Waals surface area contributed by atoms with Gasteiger partial charge in [-0.2, -0.15) is 0 Å². The minimum absolute atomic E-state index is 0.0183. The quantitative estimate of drug-likeness (QED) is 0.165. The molecule has 62 heavy (non-hydrogen) atoms. The fourth-order valence-corrected chi connectivity index (χ4v) is 10.8. The predicted molar refractivity (Wildman–Crippen MR) is 268 cm³/mol. The van der Waals surface area contributed by atoms with Crippen LogP contribution in [0.4, 0.5) is 34.1 Å². The molecule has 5 heteroatoms. The van der Waals surface area contributed by atoms with Crippen LogP contribution in [-0.4, -0.2) is 11.7 Å². The molecule has 0 saturated carbocycles. The Morgan fingerprint density at radius 3 is 1.60 bits per heavy atom. The number of nitrogens with zero attached hydrogens (tertiary/aromatic N) is 3. The van der Waals surface area contributed by atoms with Gasteiger partial charge in [0.05, 0.1) is 17.1 Å². The molecule has 7 aromatic rings. The van der Waals surface area contributed by atoms with Crippen LogP contribution in [0.2, 0.25) is 0 Å². The largest absolute Gasteiger partial charge is 0.311 e. The molecule has 0 fully saturated rings. The lowest BCUT2D eigenvalue weighted by Crippen LogP contribution is -2.62. The van der Waals surface area contributed by atoms with Crippen molar-refractivity contribution in [1.82, 2.24) is 4.98 Å². The first-order chi connectivity index (χ1) is 29.3. The third-order valence-electron chi connectivity index (χ3n) is 13.3. The van der Waals surface area contributed by atoms with Crippen LogP contribution in [0.5, 0.6) is 0 Å². The number of hydrogen-bond donors (Lipinski definition) is 0. The van der Waals surface area contributed by atoms with Gasteiger partial charge in [0, 0.05) is 44.3 Å². The van der Waals surface area contributed by atoms with Crippen molar-refractivity contribution in [2.24, 2.45) is 0 Å². The predicted octanol–water partition coefficient (Wildman–Crippen LogP) is 14.2. The molecule has 1 aromatic heterocycles. The van der Waals surface area contributed by atoms with Gasteiger partial charge < -0.3 is 9.80 Å². The number of pyridine rings is 1. The van der Waals surface area contributed by atoms with Crippen molar-refractivity contribution < 1.29 is 0 Å². The Hall–Kier alpha value is -5.52. The Balaban J connectivity index is 1.31. The van der Waals surface area contributed by atoms with E-state index in [-0.39, 0.29) is 28.4 Å². The molecule has 0 spiro atoms. The SMILES string of the molecule is CC(C)(C)c1ccc(N2c3ccc(C(C)(C)C)cc3B3c4cc(C(C)(C)C)cc5c4N(c4ccc(C(C)(C)C)cc4S5)c4cc(-c5ccc(-c6ccccn6)cc5)cc2c43)cc1. The molecule has 0 saturated heterocycles. The highest BCUT2D eigenvalue weighted by molar-refractivity contribution is 7.99. The molecule has 10 rings (SSSR count). The molecule has 6 aromatic carbocycles. The summed E-state index contributed by atoms with van der Waals surface area (Å²) >= 11 is 1.95. The van der Waals surface area contributed by atoms with Gasteiger partial charge in [0.25, 0.3) is 6.71 Å². The van der Waals surface area contributed by atoms with Gasteiger partial charge in [-0.3, -0.25) is 4.98 Å². The number of rotatable bonds is 3. The Bertz CT molecular complexity index is 2900. The van der Waals surface area contributed by atoms with Gasteiger partial charge in [-0.1, -0.05) is 162 Å². The average Bonchev–Trinajstić information content (AvgIpc) is 3.23. The van der Waals surface area contributed by atoms with Crippen molar-refractivity contribution in [3.63, 3.8) is 0 Å². The van der Waals surface area contributed by atoms with Crippen LogP contribution in [0.25, 0.3) is 22.4 Å². The molecular formula is C57H58BN3S. The number of fused-ring (bicyclic) bond motifs is 6. The van der Waals surface area contributed by atoms with E-state index in [0.717, 1.165) is 11.3 Å². The Kier molecular flexibility index (Phi) is 9.15. The van der Waals surface area contributed by atoms with E-state index in [2.05, 4.69) is 219 Å². The smallest absolute Gasteiger partial charge is 0.252 e. The summed E-state index contributed by atoms with van der Waals surface area (Å²) in [6, 6.07) is 49.0. The van der Waals surface area contributed by atoms with Gasteiger partial charge in [0.15, 0.2) is 0 Å². The van der Waals surface area contributed by atoms with E-state index in [9.17, 15) is 0 Å². The van der Waals surface area contributed by atoms with Crippen molar-refractivity contribution in [2.45, 2.75) is 115 Å². The number of benzene rings is 6. The number of hydrogen-bond acceptors (Lipinski definition) is 4. The highest BCUT2D eigenvalue weighted by Crippen LogP contribution is 2.56. The van der Waals surface area contributed by atoms with Gasteiger partial charge >= 0.3 is 0 Å². The zero-order valence-corrected chi connectivity index (χ0v) is 39.3. The van der Waals surface area contributed by atoms with E-state index in [1.807, 2.05) is 24.0 Å². The molecule has 0 amide bonds. The molecule has 0 N–H and O–H groups in total. The van der Waals surface area contributed by atoms with E-state index in [0.29, 0.717) is 0 Å². The zero-order chi connectivity index (χ0) is 43.7. The summed E-state index contributed by atoms with van der Waals surface area (Å²) in [7, 11) is 0. The van der Waals surface area contributed by atoms with Crippen LogP contribution in [0.3, 0.4) is 0 Å². The van der Waals surface area contributed by atoms with Crippen molar-refractivity contribution in [3.05, 3.63) is 156 Å². The standard InChI is InChI=1S/C57H58BN3S/c1-54(2,3)38-20-24-42(25-21-38)60-46-26-22-39(55(4,5)6)31-43(46)58-44-32-41(57(10,11)12)34-51-53(44)61(47-27-23-40(56(7,8)9)33-50(47)62-51)49-30-37(29-48(60)52(49)58)35-16-18-36(19-17-35)45-15-13-14-28-59-45/h13-34H,1-12H3. The Morgan fingerprint density at radius 2 is 0.984 bits per heavy atom. The summed E-state index contributed by atoms with van der Waals surface area (Å²) in [6.45, 7) is 28.0. The zero-order valence-electron chi connectivity index (χ0n) is 38.5. The highest BCUT2D eigenvalue weighted by atomic mass is 32.2. The third-order valence-corrected chi connectivity index (χ3v) is 14.4. The molecular weight excluding hydrogens is 770 g/mol. The monoisotopic (exact) mass is 827 g/mol. The van der Waals surface area contributed by atoms with Crippen LogP contribution < -0.4 is 26.2 Å². The first-order valence-electron chi connectivity index (χ1n) is 22.3. The second-order valence-corrected chi connectivity index (χ2v) is 22.9. The van der Waals surface area contributed by atoms with E-state index in [1.165, 1.54) is 93.7 Å². The summed E-state index contributed by atoms with van der Waals surface area (Å²) in [5.74, 6) is 0. The number of anilines is 6. The molecule has 0 unspecified atom stereocenters. The topological polar surface area (TPSA) is 19.4 Å². The first kappa shape index (κ1) is 40.6. The summed E-state index contributed by atoms with van der Waals surface area (Å²) in [5.41, 5.74) is 21.5. The second-order valence-electron chi connectivity index (χ2n) is 21.8. The summed E-state index contributed by atoms with van der Waals surface area (Å²) in [6.07, 6.45) is 1.87. The van der Waals surface area contributed by atoms with E-state index < -0.39 is 0 Å². The van der Waals surface area contributed by atoms with E-state index in [4.69, 9.17) is 0 Å². The van der Waals surface area contributed by atoms with Crippen LogP contribution in [0.15, 0.2) is 143 Å². The lowest BCUT2D eigenvalue weighted by atomic mass is 9.33. The molecule has 310 valence electrons. The van der Waals surface area contributed by atoms with Crippen LogP contribution in [0, 0.1) is 0 Å². The minimum Gasteiger partial charge on any atom is -0.311 e. The van der Waals surface area contributed by atoms with Crippen LogP contribution in [-0.2, 0) is 21.7 Å². The minimum atomic E-state index is -0.0373. The Labute approximate surface area is 374 Å². The second kappa shape index (κ2) is 14.0. The molecule has 0 atom stereocenters. The normalized spacial score (nSPS) is 14.3. The highest BCUT2D eigenvalue weighted by Gasteiger charge is 2.47. The van der Waals surface area contributed by atoms with Gasteiger partial charge in [-0.15, -0.1) is 0 Å². The molecule has 0 bridgehead atoms. The lowest BCUT2D eigenvalue weighted by Gasteiger charge is -2.47. The van der Waals surface area contributed by atoms with Crippen LogP contribution in [0.1, 0.15) is 105 Å². The molecule has 3 aliphatic heterocycles. The fraction of sp³-hybridized carbons (Fsp3) is 0.281. The maximum absolute atomic E-state index is 4.67. The molecule has 4 heterocycles. The maximum Gasteiger partial charge on any atom is 0.252 e. The third kappa shape index (κ3) is 6.70. The summed E-state index contributed by atoms with van der Waals surface area (Å²) in [5, 5.41) is 0. The lowest BCUT2D eigenvalue weighted by molar-refractivity contribution is 0.588. The number of aromatic nitrogens is 1. The molecule has 3 aliphatic rings. The van der Waals surface area contributed by atoms with Crippen molar-refractivity contribution >= 4 is 69.0 Å². The molecule has 0 aliphatic carbocycles. The molecule has 3 nitrogen and oxygen atoms in total. The molecule has 0 radical (unpaired) electrons.